The molecule has 0 fully saturated rings. The zero-order valence-corrected chi connectivity index (χ0v) is 21.8. The van der Waals surface area contributed by atoms with Crippen molar-refractivity contribution in [1.29, 1.82) is 0 Å². The summed E-state index contributed by atoms with van der Waals surface area (Å²) >= 11 is 0. The minimum absolute atomic E-state index is 0.384. The van der Waals surface area contributed by atoms with Gasteiger partial charge in [0.05, 0.1) is 24.6 Å². The van der Waals surface area contributed by atoms with E-state index in [1.54, 1.807) is 0 Å². The van der Waals surface area contributed by atoms with Crippen LogP contribution in [0, 0.1) is 0 Å². The van der Waals surface area contributed by atoms with E-state index >= 15 is 0 Å². The summed E-state index contributed by atoms with van der Waals surface area (Å²) in [5, 5.41) is 45.6. The van der Waals surface area contributed by atoms with Crippen molar-refractivity contribution in [2.75, 3.05) is 24.6 Å². The summed E-state index contributed by atoms with van der Waals surface area (Å²) in [5.41, 5.74) is 3.18. The number of rotatable bonds is 12. The molecular weight excluding hydrogens is 479 g/mol. The summed E-state index contributed by atoms with van der Waals surface area (Å²) in [5.74, 6) is 0. The first-order valence-electron chi connectivity index (χ1n) is 12.7. The Bertz CT molecular complexity index is 993. The second-order valence-electron chi connectivity index (χ2n) is 9.78. The Morgan fingerprint density at radius 2 is 0.541 bits per heavy atom. The predicted molar refractivity (Wildman–Crippen MR) is 152 cm³/mol. The number of aliphatic hydroxyl groups is 4. The molecule has 0 bridgehead atoms. The van der Waals surface area contributed by atoms with Crippen molar-refractivity contribution in [3.63, 3.8) is 0 Å². The zero-order chi connectivity index (χ0) is 26.1. The van der Waals surface area contributed by atoms with Crippen LogP contribution in [0.3, 0.4) is 0 Å². The topological polar surface area (TPSA) is 80.9 Å². The van der Waals surface area contributed by atoms with E-state index in [0.29, 0.717) is 24.6 Å². The van der Waals surface area contributed by atoms with Crippen LogP contribution in [0.5, 0.6) is 0 Å². The van der Waals surface area contributed by atoms with Crippen LogP contribution in [0.4, 0.5) is 0 Å². The van der Waals surface area contributed by atoms with Gasteiger partial charge < -0.3 is 20.4 Å². The lowest BCUT2D eigenvalue weighted by molar-refractivity contribution is 0.181. The fourth-order valence-corrected chi connectivity index (χ4v) is 9.71. The van der Waals surface area contributed by atoms with E-state index in [9.17, 15) is 20.4 Å². The molecule has 0 aromatic heterocycles. The molecule has 4 N–H and O–H groups in total. The fraction of sp³-hybridized carbons (Fsp3) is 0.250. The van der Waals surface area contributed by atoms with Crippen LogP contribution in [0.1, 0.15) is 46.7 Å². The molecule has 4 nitrogen and oxygen atoms in total. The van der Waals surface area contributed by atoms with Gasteiger partial charge in [-0.15, -0.1) is 0 Å². The molecule has 4 aromatic rings. The van der Waals surface area contributed by atoms with Gasteiger partial charge in [0, 0.05) is 7.26 Å². The van der Waals surface area contributed by atoms with Gasteiger partial charge in [-0.05, 0) is 22.3 Å². The molecule has 0 saturated heterocycles. The van der Waals surface area contributed by atoms with Gasteiger partial charge in [-0.3, -0.25) is 0 Å². The summed E-state index contributed by atoms with van der Waals surface area (Å²) in [4.78, 5) is 0. The molecule has 4 atom stereocenters. The van der Waals surface area contributed by atoms with Crippen molar-refractivity contribution >= 4 is 7.26 Å². The number of hydrogen-bond acceptors (Lipinski definition) is 4. The van der Waals surface area contributed by atoms with Gasteiger partial charge in [-0.1, -0.05) is 121 Å². The average molecular weight is 516 g/mol. The van der Waals surface area contributed by atoms with Crippen LogP contribution >= 0.6 is 7.26 Å². The standard InChI is InChI=1S/C32H36O4P/c33-29(25-13-5-1-6-14-25)21-37(22-30(34)26-15-7-2-8-16-26,23-31(35)27-17-9-3-10-18-27)24-32(36)28-19-11-4-12-20-28/h1-20,29-36H,21-24H2/q+1. The molecule has 0 aliphatic carbocycles. The quantitative estimate of drug-likeness (QED) is 0.176. The van der Waals surface area contributed by atoms with Crippen LogP contribution in [0.15, 0.2) is 121 Å². The van der Waals surface area contributed by atoms with E-state index in [1.807, 2.05) is 121 Å². The second-order valence-corrected chi connectivity index (χ2v) is 13.9. The Morgan fingerprint density at radius 1 is 0.351 bits per heavy atom. The lowest BCUT2D eigenvalue weighted by Crippen LogP contribution is -2.26. The lowest BCUT2D eigenvalue weighted by Gasteiger charge is -2.34. The molecule has 0 amide bonds. The molecule has 0 saturated carbocycles. The first-order valence-corrected chi connectivity index (χ1v) is 15.3. The normalized spacial score (nSPS) is 16.3. The summed E-state index contributed by atoms with van der Waals surface area (Å²) in [6, 6.07) is 38.0. The molecule has 0 heterocycles. The van der Waals surface area contributed by atoms with Crippen LogP contribution in [-0.2, 0) is 0 Å². The van der Waals surface area contributed by atoms with E-state index in [4.69, 9.17) is 0 Å². The van der Waals surface area contributed by atoms with E-state index in [-0.39, 0.29) is 0 Å². The highest BCUT2D eigenvalue weighted by Crippen LogP contribution is 2.65. The van der Waals surface area contributed by atoms with E-state index in [1.165, 1.54) is 0 Å². The number of aliphatic hydroxyl groups excluding tert-OH is 4. The molecule has 0 aliphatic rings. The Hall–Kier alpha value is -2.85. The summed E-state index contributed by atoms with van der Waals surface area (Å²) in [6.07, 6.45) is -1.56. The molecule has 4 rings (SSSR count). The maximum Gasteiger partial charge on any atom is 0.112 e. The molecule has 5 heteroatoms. The zero-order valence-electron chi connectivity index (χ0n) is 20.9. The summed E-state index contributed by atoms with van der Waals surface area (Å²) < 4.78 is 0. The smallest absolute Gasteiger partial charge is 0.112 e. The minimum Gasteiger partial charge on any atom is -0.385 e. The third-order valence-electron chi connectivity index (χ3n) is 6.98. The highest BCUT2D eigenvalue weighted by atomic mass is 31.2. The molecule has 0 spiro atoms. The van der Waals surface area contributed by atoms with Crippen LogP contribution in [0.2, 0.25) is 0 Å². The highest BCUT2D eigenvalue weighted by Gasteiger charge is 2.46. The molecule has 4 unspecified atom stereocenters. The highest BCUT2D eigenvalue weighted by molar-refractivity contribution is 7.76. The Balaban J connectivity index is 1.72. The maximum absolute atomic E-state index is 11.4. The molecular formula is C32H36O4P+. The Morgan fingerprint density at radius 3 is 0.730 bits per heavy atom. The molecule has 4 aromatic carbocycles. The lowest BCUT2D eigenvalue weighted by atomic mass is 10.1. The van der Waals surface area contributed by atoms with Crippen molar-refractivity contribution in [2.24, 2.45) is 0 Å². The van der Waals surface area contributed by atoms with Gasteiger partial charge >= 0.3 is 0 Å². The monoisotopic (exact) mass is 515 g/mol. The average Bonchev–Trinajstić information content (AvgIpc) is 2.94. The van der Waals surface area contributed by atoms with Gasteiger partial charge in [0.2, 0.25) is 0 Å². The van der Waals surface area contributed by atoms with Crippen LogP contribution < -0.4 is 0 Å². The van der Waals surface area contributed by atoms with Crippen molar-refractivity contribution in [3.8, 4) is 0 Å². The molecule has 192 valence electrons. The first-order chi connectivity index (χ1) is 18.0. The van der Waals surface area contributed by atoms with Crippen molar-refractivity contribution in [3.05, 3.63) is 144 Å². The van der Waals surface area contributed by atoms with Gasteiger partial charge in [0.15, 0.2) is 0 Å². The van der Waals surface area contributed by atoms with Gasteiger partial charge in [-0.2, -0.15) is 0 Å². The first kappa shape index (κ1) is 27.2. The fourth-order valence-electron chi connectivity index (χ4n) is 5.04. The number of hydrogen-bond donors (Lipinski definition) is 4. The van der Waals surface area contributed by atoms with Crippen LogP contribution in [-0.4, -0.2) is 45.1 Å². The van der Waals surface area contributed by atoms with E-state index in [2.05, 4.69) is 0 Å². The van der Waals surface area contributed by atoms with Gasteiger partial charge in [0.25, 0.3) is 0 Å². The van der Waals surface area contributed by atoms with E-state index in [0.717, 1.165) is 22.3 Å². The van der Waals surface area contributed by atoms with E-state index < -0.39 is 31.7 Å². The Labute approximate surface area is 220 Å². The molecule has 0 aliphatic heterocycles. The third-order valence-corrected chi connectivity index (χ3v) is 11.5. The predicted octanol–water partition coefficient (Wildman–Crippen LogP) is 5.94. The second kappa shape index (κ2) is 13.1. The van der Waals surface area contributed by atoms with Gasteiger partial charge in [0.1, 0.15) is 24.4 Å². The van der Waals surface area contributed by atoms with Crippen LogP contribution in [0.25, 0.3) is 0 Å². The largest absolute Gasteiger partial charge is 0.385 e. The van der Waals surface area contributed by atoms with Crippen molar-refractivity contribution in [2.45, 2.75) is 24.4 Å². The third kappa shape index (κ3) is 7.58. The van der Waals surface area contributed by atoms with Gasteiger partial charge in [-0.25, -0.2) is 0 Å². The molecule has 0 radical (unpaired) electrons. The number of benzene rings is 4. The SMILES string of the molecule is OC(C[P+](CC(O)c1ccccc1)(CC(O)c1ccccc1)CC(O)c1ccccc1)c1ccccc1. The van der Waals surface area contributed by atoms with Crippen molar-refractivity contribution in [1.82, 2.24) is 0 Å². The maximum atomic E-state index is 11.4. The van der Waals surface area contributed by atoms with Crippen molar-refractivity contribution < 1.29 is 20.4 Å². The molecule has 37 heavy (non-hydrogen) atoms. The summed E-state index contributed by atoms with van der Waals surface area (Å²) in [7, 11) is -2.38. The minimum atomic E-state index is -2.38. The summed E-state index contributed by atoms with van der Waals surface area (Å²) in [6.45, 7) is 0. The Kier molecular flexibility index (Phi) is 9.62.